The van der Waals surface area contributed by atoms with Gasteiger partial charge < -0.3 is 9.84 Å². The molecule has 0 radical (unpaired) electrons. The van der Waals surface area contributed by atoms with E-state index in [1.807, 2.05) is 0 Å². The summed E-state index contributed by atoms with van der Waals surface area (Å²) >= 11 is 0. The molecular weight excluding hydrogens is 508 g/mol. The second-order valence-corrected chi connectivity index (χ2v) is 12.5. The van der Waals surface area contributed by atoms with Crippen LogP contribution in [0.4, 0.5) is 0 Å². The van der Waals surface area contributed by atoms with E-state index in [9.17, 15) is 9.59 Å². The smallest absolute Gasteiger partial charge is 0.306 e. The van der Waals surface area contributed by atoms with Gasteiger partial charge in [0.1, 0.15) is 0 Å². The number of carbonyl (C=O) groups is 2. The van der Waals surface area contributed by atoms with E-state index < -0.39 is 5.97 Å². The van der Waals surface area contributed by atoms with Crippen LogP contribution in [0.3, 0.4) is 0 Å². The highest BCUT2D eigenvalue weighted by Crippen LogP contribution is 2.16. The number of ether oxygens (including phenoxy) is 1. The van der Waals surface area contributed by atoms with E-state index in [1.165, 1.54) is 148 Å². The molecule has 41 heavy (non-hydrogen) atoms. The number of carbonyl (C=O) groups excluding carboxylic acids is 1. The predicted octanol–water partition coefficient (Wildman–Crippen LogP) is 12.3. The minimum absolute atomic E-state index is 0.000295. The number of aliphatic carboxylic acids is 1. The van der Waals surface area contributed by atoms with Crippen molar-refractivity contribution in [2.75, 3.05) is 0 Å². The first kappa shape index (κ1) is 39.7. The molecule has 0 rings (SSSR count). The van der Waals surface area contributed by atoms with E-state index in [4.69, 9.17) is 9.84 Å². The van der Waals surface area contributed by atoms with Crippen LogP contribution in [-0.4, -0.2) is 23.1 Å². The summed E-state index contributed by atoms with van der Waals surface area (Å²) in [5.74, 6) is -0.663. The minimum atomic E-state index is -0.662. The molecule has 0 aromatic heterocycles. The van der Waals surface area contributed by atoms with Gasteiger partial charge in [-0.1, -0.05) is 154 Å². The van der Waals surface area contributed by atoms with E-state index in [0.717, 1.165) is 32.1 Å². The molecular formula is C37H70O4. The van der Waals surface area contributed by atoms with Crippen LogP contribution < -0.4 is 0 Å². The lowest BCUT2D eigenvalue weighted by Crippen LogP contribution is -2.14. The zero-order valence-corrected chi connectivity index (χ0v) is 27.6. The lowest BCUT2D eigenvalue weighted by molar-refractivity contribution is -0.148. The van der Waals surface area contributed by atoms with Gasteiger partial charge in [0.05, 0.1) is 6.10 Å². The highest BCUT2D eigenvalue weighted by Gasteiger charge is 2.09. The average molecular weight is 579 g/mol. The number of hydrogen-bond donors (Lipinski definition) is 1. The molecule has 0 aliphatic rings. The van der Waals surface area contributed by atoms with Crippen molar-refractivity contribution >= 4 is 11.9 Å². The van der Waals surface area contributed by atoms with Gasteiger partial charge in [0, 0.05) is 12.8 Å². The van der Waals surface area contributed by atoms with Crippen molar-refractivity contribution < 1.29 is 19.4 Å². The van der Waals surface area contributed by atoms with Crippen LogP contribution in [0.5, 0.6) is 0 Å². The van der Waals surface area contributed by atoms with Crippen LogP contribution >= 0.6 is 0 Å². The van der Waals surface area contributed by atoms with Gasteiger partial charge in [-0.3, -0.25) is 9.59 Å². The molecule has 4 nitrogen and oxygen atoms in total. The van der Waals surface area contributed by atoms with Gasteiger partial charge in [-0.25, -0.2) is 0 Å². The van der Waals surface area contributed by atoms with Crippen molar-refractivity contribution in [3.05, 3.63) is 12.2 Å². The number of allylic oxidation sites excluding steroid dienone is 2. The number of carboxylic acids is 1. The maximum Gasteiger partial charge on any atom is 0.306 e. The van der Waals surface area contributed by atoms with E-state index in [-0.39, 0.29) is 12.1 Å². The van der Waals surface area contributed by atoms with E-state index in [1.54, 1.807) is 0 Å². The van der Waals surface area contributed by atoms with Crippen LogP contribution in [0.15, 0.2) is 12.2 Å². The second-order valence-electron chi connectivity index (χ2n) is 12.5. The maximum atomic E-state index is 12.1. The van der Waals surface area contributed by atoms with Gasteiger partial charge in [0.25, 0.3) is 0 Å². The first-order chi connectivity index (χ1) is 20.1. The standard InChI is InChI=1S/C37H70O4/c1-3-4-5-6-7-8-9-19-22-25-28-31-34-37(40)41-35(2)32-29-26-23-20-17-15-13-11-10-12-14-16-18-21-24-27-30-33-36(38)39/h6-7,35H,3-5,8-34H2,1-2H3,(H,38,39)/b7-6-. The molecule has 0 fully saturated rings. The fourth-order valence-corrected chi connectivity index (χ4v) is 5.50. The average Bonchev–Trinajstić information content (AvgIpc) is 2.94. The van der Waals surface area contributed by atoms with Crippen molar-refractivity contribution in [3.8, 4) is 0 Å². The molecule has 0 saturated carbocycles. The summed E-state index contributed by atoms with van der Waals surface area (Å²) in [6.45, 7) is 4.30. The molecule has 0 spiro atoms. The number of hydrogen-bond acceptors (Lipinski definition) is 3. The lowest BCUT2D eigenvalue weighted by atomic mass is 10.0. The molecule has 242 valence electrons. The van der Waals surface area contributed by atoms with Gasteiger partial charge in [-0.2, -0.15) is 0 Å². The lowest BCUT2D eigenvalue weighted by Gasteiger charge is -2.13. The summed E-state index contributed by atoms with van der Waals surface area (Å²) in [7, 11) is 0. The largest absolute Gasteiger partial charge is 0.481 e. The zero-order valence-electron chi connectivity index (χ0n) is 27.6. The van der Waals surface area contributed by atoms with E-state index in [2.05, 4.69) is 26.0 Å². The van der Waals surface area contributed by atoms with Crippen molar-refractivity contribution in [2.24, 2.45) is 0 Å². The Morgan fingerprint density at radius 2 is 0.902 bits per heavy atom. The Bertz CT molecular complexity index is 585. The SMILES string of the molecule is CCCC/C=C\CCCCCCCCC(=O)OC(C)CCCCCCCCCCCCCCCCCCCC(=O)O. The van der Waals surface area contributed by atoms with Crippen LogP contribution in [0.1, 0.15) is 206 Å². The third-order valence-corrected chi connectivity index (χ3v) is 8.23. The number of esters is 1. The normalized spacial score (nSPS) is 12.2. The van der Waals surface area contributed by atoms with Crippen LogP contribution in [0.2, 0.25) is 0 Å². The molecule has 0 bridgehead atoms. The highest BCUT2D eigenvalue weighted by molar-refractivity contribution is 5.69. The molecule has 1 N–H and O–H groups in total. The van der Waals surface area contributed by atoms with E-state index >= 15 is 0 Å². The van der Waals surface area contributed by atoms with Gasteiger partial charge in [0.15, 0.2) is 0 Å². The second kappa shape index (κ2) is 33.2. The Balaban J connectivity index is 3.28. The topological polar surface area (TPSA) is 63.6 Å². The third kappa shape index (κ3) is 34.8. The van der Waals surface area contributed by atoms with Gasteiger partial charge in [-0.15, -0.1) is 0 Å². The molecule has 1 unspecified atom stereocenters. The highest BCUT2D eigenvalue weighted by atomic mass is 16.5. The van der Waals surface area contributed by atoms with Crippen molar-refractivity contribution in [2.45, 2.75) is 213 Å². The summed E-state index contributed by atoms with van der Waals surface area (Å²) in [6.07, 6.45) is 40.7. The monoisotopic (exact) mass is 579 g/mol. The van der Waals surface area contributed by atoms with Crippen LogP contribution in [0.25, 0.3) is 0 Å². The summed E-state index contributed by atoms with van der Waals surface area (Å²) in [4.78, 5) is 22.6. The Kier molecular flexibility index (Phi) is 32.1. The predicted molar refractivity (Wildman–Crippen MR) is 177 cm³/mol. The Morgan fingerprint density at radius 1 is 0.537 bits per heavy atom. The maximum absolute atomic E-state index is 12.1. The first-order valence-electron chi connectivity index (χ1n) is 18.1. The van der Waals surface area contributed by atoms with Gasteiger partial charge in [0.2, 0.25) is 0 Å². The molecule has 4 heteroatoms. The summed E-state index contributed by atoms with van der Waals surface area (Å²) < 4.78 is 5.63. The quantitative estimate of drug-likeness (QED) is 0.0478. The van der Waals surface area contributed by atoms with E-state index in [0.29, 0.717) is 12.8 Å². The van der Waals surface area contributed by atoms with Crippen molar-refractivity contribution in [3.63, 3.8) is 0 Å². The van der Waals surface area contributed by atoms with Crippen molar-refractivity contribution in [1.29, 1.82) is 0 Å². The Labute approximate surface area is 255 Å². The first-order valence-corrected chi connectivity index (χ1v) is 18.1. The van der Waals surface area contributed by atoms with Crippen LogP contribution in [0, 0.1) is 0 Å². The molecule has 0 heterocycles. The molecule has 0 amide bonds. The third-order valence-electron chi connectivity index (χ3n) is 8.23. The van der Waals surface area contributed by atoms with Crippen LogP contribution in [-0.2, 0) is 14.3 Å². The minimum Gasteiger partial charge on any atom is -0.481 e. The summed E-state index contributed by atoms with van der Waals surface area (Å²) in [6, 6.07) is 0. The zero-order chi connectivity index (χ0) is 30.1. The van der Waals surface area contributed by atoms with Gasteiger partial charge in [-0.05, 0) is 51.9 Å². The Hall–Kier alpha value is -1.32. The molecule has 1 atom stereocenters. The number of unbranched alkanes of at least 4 members (excludes halogenated alkanes) is 24. The number of rotatable bonds is 33. The van der Waals surface area contributed by atoms with Crippen molar-refractivity contribution in [1.82, 2.24) is 0 Å². The summed E-state index contributed by atoms with van der Waals surface area (Å²) in [5, 5.41) is 8.63. The summed E-state index contributed by atoms with van der Waals surface area (Å²) in [5.41, 5.74) is 0. The fourth-order valence-electron chi connectivity index (χ4n) is 5.50. The molecule has 0 aliphatic heterocycles. The molecule has 0 saturated heterocycles. The molecule has 0 aromatic carbocycles. The van der Waals surface area contributed by atoms with Gasteiger partial charge >= 0.3 is 11.9 Å². The Morgan fingerprint density at radius 3 is 1.34 bits per heavy atom. The molecule has 0 aliphatic carbocycles. The fraction of sp³-hybridized carbons (Fsp3) is 0.892. The molecule has 0 aromatic rings. The number of carboxylic acid groups (broad SMARTS) is 1.